The number of rotatable bonds is 6. The Kier molecular flexibility index (Phi) is 4.76. The summed E-state index contributed by atoms with van der Waals surface area (Å²) in [7, 11) is 0. The van der Waals surface area contributed by atoms with Gasteiger partial charge in [-0.3, -0.25) is 10.1 Å². The zero-order chi connectivity index (χ0) is 17.1. The van der Waals surface area contributed by atoms with Crippen LogP contribution in [0.5, 0.6) is 0 Å². The van der Waals surface area contributed by atoms with Crippen molar-refractivity contribution >= 4 is 28.1 Å². The molecule has 1 aliphatic heterocycles. The van der Waals surface area contributed by atoms with Crippen molar-refractivity contribution in [2.75, 3.05) is 56.1 Å². The summed E-state index contributed by atoms with van der Waals surface area (Å²) < 4.78 is 4.77. The molecule has 2 aromatic rings. The second kappa shape index (κ2) is 6.97. The van der Waals surface area contributed by atoms with E-state index >= 15 is 0 Å². The third-order valence-electron chi connectivity index (χ3n) is 4.26. The number of aromatic nitrogens is 2. The molecular weight excluding hydrogens is 316 g/mol. The number of piperazine rings is 1. The molecule has 1 aromatic carbocycles. The summed E-state index contributed by atoms with van der Waals surface area (Å²) in [4.78, 5) is 15.4. The highest BCUT2D eigenvalue weighted by Gasteiger charge is 2.28. The Hall–Kier alpha value is -2.46. The number of hydrogen-bond donors (Lipinski definition) is 2. The van der Waals surface area contributed by atoms with E-state index in [-0.39, 0.29) is 24.4 Å². The topological polar surface area (TPSA) is 121 Å². The van der Waals surface area contributed by atoms with Crippen molar-refractivity contribution in [2.24, 2.45) is 0 Å². The Balaban J connectivity index is 2.03. The van der Waals surface area contributed by atoms with Gasteiger partial charge in [-0.25, -0.2) is 4.63 Å². The third kappa shape index (κ3) is 2.97. The first-order valence-corrected chi connectivity index (χ1v) is 7.91. The highest BCUT2D eigenvalue weighted by Crippen LogP contribution is 2.38. The second-order valence-electron chi connectivity index (χ2n) is 5.58. The minimum Gasteiger partial charge on any atom is -0.395 e. The zero-order valence-electron chi connectivity index (χ0n) is 13.4. The van der Waals surface area contributed by atoms with Crippen LogP contribution in [0, 0.1) is 10.1 Å². The standard InChI is InChI=1S/C14H20N6O4/c1-2-18-4-6-19(7-5-18)11-9-10(15-3-8-21)14(20(22)23)13-12(11)16-24-17-13/h9,15,21H,2-8H2,1H3. The summed E-state index contributed by atoms with van der Waals surface area (Å²) in [6.45, 7) is 6.63. The average Bonchev–Trinajstić information content (AvgIpc) is 3.08. The highest BCUT2D eigenvalue weighted by atomic mass is 16.6. The molecule has 10 nitrogen and oxygen atoms in total. The lowest BCUT2D eigenvalue weighted by Crippen LogP contribution is -2.46. The molecule has 10 heteroatoms. The Morgan fingerprint density at radius 1 is 1.33 bits per heavy atom. The lowest BCUT2D eigenvalue weighted by atomic mass is 10.1. The average molecular weight is 336 g/mol. The molecule has 2 N–H and O–H groups in total. The number of nitrogens with one attached hydrogen (secondary N) is 1. The van der Waals surface area contributed by atoms with Crippen molar-refractivity contribution in [3.8, 4) is 0 Å². The van der Waals surface area contributed by atoms with E-state index in [0.29, 0.717) is 11.2 Å². The zero-order valence-corrected chi connectivity index (χ0v) is 13.4. The Bertz CT molecular complexity index is 725. The quantitative estimate of drug-likeness (QED) is 0.579. The van der Waals surface area contributed by atoms with E-state index in [4.69, 9.17) is 9.74 Å². The summed E-state index contributed by atoms with van der Waals surface area (Å²) in [6, 6.07) is 1.70. The number of aliphatic hydroxyl groups is 1. The molecule has 0 saturated carbocycles. The fourth-order valence-electron chi connectivity index (χ4n) is 2.97. The molecule has 1 fully saturated rings. The Morgan fingerprint density at radius 2 is 2.04 bits per heavy atom. The maximum atomic E-state index is 11.4. The number of aliphatic hydroxyl groups excluding tert-OH is 1. The fourth-order valence-corrected chi connectivity index (χ4v) is 2.97. The van der Waals surface area contributed by atoms with Crippen LogP contribution < -0.4 is 10.2 Å². The Morgan fingerprint density at radius 3 is 2.67 bits per heavy atom. The van der Waals surface area contributed by atoms with Gasteiger partial charge in [0.15, 0.2) is 5.52 Å². The predicted octanol–water partition coefficient (Wildman–Crippen LogP) is 0.677. The minimum atomic E-state index is -0.509. The van der Waals surface area contributed by atoms with Gasteiger partial charge < -0.3 is 20.2 Å². The maximum absolute atomic E-state index is 11.4. The lowest BCUT2D eigenvalue weighted by Gasteiger charge is -2.35. The highest BCUT2D eigenvalue weighted by molar-refractivity contribution is 5.99. The summed E-state index contributed by atoms with van der Waals surface area (Å²) in [5.74, 6) is 0. The van der Waals surface area contributed by atoms with Crippen molar-refractivity contribution in [1.29, 1.82) is 0 Å². The molecule has 0 atom stereocenters. The van der Waals surface area contributed by atoms with Crippen molar-refractivity contribution in [3.63, 3.8) is 0 Å². The van der Waals surface area contributed by atoms with Gasteiger partial charge in [-0.2, -0.15) is 0 Å². The fraction of sp³-hybridized carbons (Fsp3) is 0.571. The van der Waals surface area contributed by atoms with E-state index < -0.39 is 4.92 Å². The molecule has 0 bridgehead atoms. The second-order valence-corrected chi connectivity index (χ2v) is 5.58. The van der Waals surface area contributed by atoms with Gasteiger partial charge in [0.05, 0.1) is 17.2 Å². The van der Waals surface area contributed by atoms with Crippen LogP contribution in [0.15, 0.2) is 10.7 Å². The molecule has 1 aliphatic rings. The molecule has 130 valence electrons. The SMILES string of the molecule is CCN1CCN(c2cc(NCCO)c([N+](=O)[O-])c3nonc23)CC1. The molecule has 1 aromatic heterocycles. The van der Waals surface area contributed by atoms with E-state index in [1.807, 2.05) is 0 Å². The van der Waals surface area contributed by atoms with Crippen LogP contribution in [-0.4, -0.2) is 71.1 Å². The van der Waals surface area contributed by atoms with Gasteiger partial charge in [-0.15, -0.1) is 0 Å². The number of fused-ring (bicyclic) bond motifs is 1. The van der Waals surface area contributed by atoms with Crippen LogP contribution in [0.2, 0.25) is 0 Å². The molecule has 0 radical (unpaired) electrons. The predicted molar refractivity (Wildman–Crippen MR) is 88.4 cm³/mol. The van der Waals surface area contributed by atoms with Crippen LogP contribution in [0.1, 0.15) is 6.92 Å². The van der Waals surface area contributed by atoms with E-state index in [1.54, 1.807) is 6.07 Å². The van der Waals surface area contributed by atoms with Gasteiger partial charge in [0, 0.05) is 32.7 Å². The van der Waals surface area contributed by atoms with Gasteiger partial charge in [-0.05, 0) is 22.9 Å². The maximum Gasteiger partial charge on any atom is 0.323 e. The van der Waals surface area contributed by atoms with Gasteiger partial charge in [0.1, 0.15) is 5.69 Å². The molecule has 0 unspecified atom stereocenters. The Labute approximate surface area is 138 Å². The summed E-state index contributed by atoms with van der Waals surface area (Å²) in [5.41, 5.74) is 1.39. The van der Waals surface area contributed by atoms with Crippen molar-refractivity contribution in [1.82, 2.24) is 15.2 Å². The van der Waals surface area contributed by atoms with Gasteiger partial charge in [-0.1, -0.05) is 6.92 Å². The van der Waals surface area contributed by atoms with Crippen LogP contribution in [0.25, 0.3) is 11.0 Å². The molecule has 0 spiro atoms. The van der Waals surface area contributed by atoms with E-state index in [2.05, 4.69) is 32.4 Å². The lowest BCUT2D eigenvalue weighted by molar-refractivity contribution is -0.382. The van der Waals surface area contributed by atoms with E-state index in [1.165, 1.54) is 0 Å². The first-order chi connectivity index (χ1) is 11.7. The van der Waals surface area contributed by atoms with E-state index in [9.17, 15) is 10.1 Å². The number of nitro groups is 1. The summed E-state index contributed by atoms with van der Waals surface area (Å²) in [6.07, 6.45) is 0. The smallest absolute Gasteiger partial charge is 0.323 e. The van der Waals surface area contributed by atoms with Crippen LogP contribution >= 0.6 is 0 Å². The van der Waals surface area contributed by atoms with Crippen LogP contribution in [0.4, 0.5) is 17.1 Å². The number of likely N-dealkylation sites (N-methyl/N-ethyl adjacent to an activating group) is 1. The molecule has 24 heavy (non-hydrogen) atoms. The molecule has 1 saturated heterocycles. The molecule has 0 aliphatic carbocycles. The number of hydrogen-bond acceptors (Lipinski definition) is 9. The molecule has 3 rings (SSSR count). The number of benzene rings is 1. The van der Waals surface area contributed by atoms with Crippen LogP contribution in [0.3, 0.4) is 0 Å². The minimum absolute atomic E-state index is 0.121. The van der Waals surface area contributed by atoms with Crippen molar-refractivity contribution in [3.05, 3.63) is 16.2 Å². The van der Waals surface area contributed by atoms with Crippen molar-refractivity contribution in [2.45, 2.75) is 6.92 Å². The van der Waals surface area contributed by atoms with Gasteiger partial charge >= 0.3 is 5.69 Å². The summed E-state index contributed by atoms with van der Waals surface area (Å²) >= 11 is 0. The van der Waals surface area contributed by atoms with E-state index in [0.717, 1.165) is 38.4 Å². The first-order valence-electron chi connectivity index (χ1n) is 7.91. The van der Waals surface area contributed by atoms with Gasteiger partial charge in [0.2, 0.25) is 5.52 Å². The normalized spacial score (nSPS) is 15.8. The number of anilines is 2. The molecule has 2 heterocycles. The molecular formula is C14H20N6O4. The largest absolute Gasteiger partial charge is 0.395 e. The summed E-state index contributed by atoms with van der Waals surface area (Å²) in [5, 5.41) is 30.9. The van der Waals surface area contributed by atoms with Crippen LogP contribution in [-0.2, 0) is 0 Å². The number of nitro benzene ring substituents is 1. The van der Waals surface area contributed by atoms with Gasteiger partial charge in [0.25, 0.3) is 0 Å². The number of nitrogens with zero attached hydrogens (tertiary/aromatic N) is 5. The van der Waals surface area contributed by atoms with Crippen molar-refractivity contribution < 1.29 is 14.7 Å². The monoisotopic (exact) mass is 336 g/mol. The first kappa shape index (κ1) is 16.4. The molecule has 0 amide bonds. The third-order valence-corrected chi connectivity index (χ3v) is 4.26.